The fourth-order valence-corrected chi connectivity index (χ4v) is 4.46. The van der Waals surface area contributed by atoms with Crippen LogP contribution < -0.4 is 4.90 Å². The molecule has 174 valence electrons. The minimum Gasteiger partial charge on any atom is -0.354 e. The molecular weight excluding hydrogens is 403 g/mol. The summed E-state index contributed by atoms with van der Waals surface area (Å²) in [6, 6.07) is 6.76. The Bertz CT molecular complexity index is 901. The first-order valence-electron chi connectivity index (χ1n) is 12.1. The van der Waals surface area contributed by atoms with Crippen molar-refractivity contribution in [3.63, 3.8) is 0 Å². The van der Waals surface area contributed by atoms with Crippen LogP contribution in [0.5, 0.6) is 0 Å². The number of carbonyl (C=O) groups excluding carboxylic acids is 1. The standard InChI is InChI=1S/C26H37FN4O/c1-4-6-7-8-13-25(32)30-14-10-15-31(17-16-30)26-23(24(5-2)28-20(3)29-26)19-21-11-9-12-22(27)18-21/h9,11-12,18H,4-8,10,13-17,19H2,1-3H3. The zero-order valence-electron chi connectivity index (χ0n) is 19.9. The van der Waals surface area contributed by atoms with Gasteiger partial charge in [-0.05, 0) is 43.9 Å². The summed E-state index contributed by atoms with van der Waals surface area (Å²) in [5.74, 6) is 1.75. The van der Waals surface area contributed by atoms with Crippen molar-refractivity contribution in [2.24, 2.45) is 0 Å². The number of rotatable bonds is 9. The Kier molecular flexibility index (Phi) is 9.00. The van der Waals surface area contributed by atoms with E-state index in [4.69, 9.17) is 4.98 Å². The van der Waals surface area contributed by atoms with Crippen LogP contribution in [-0.2, 0) is 17.6 Å². The lowest BCUT2D eigenvalue weighted by Gasteiger charge is -2.26. The number of carbonyl (C=O) groups is 1. The van der Waals surface area contributed by atoms with Crippen molar-refractivity contribution in [3.8, 4) is 0 Å². The van der Waals surface area contributed by atoms with E-state index in [1.165, 1.54) is 18.9 Å². The van der Waals surface area contributed by atoms with E-state index < -0.39 is 0 Å². The molecule has 2 heterocycles. The van der Waals surface area contributed by atoms with E-state index in [1.807, 2.05) is 17.9 Å². The van der Waals surface area contributed by atoms with Gasteiger partial charge in [0.1, 0.15) is 17.5 Å². The first-order chi connectivity index (χ1) is 15.5. The summed E-state index contributed by atoms with van der Waals surface area (Å²) >= 11 is 0. The number of hydrogen-bond donors (Lipinski definition) is 0. The molecule has 0 atom stereocenters. The van der Waals surface area contributed by atoms with E-state index >= 15 is 0 Å². The van der Waals surface area contributed by atoms with Gasteiger partial charge in [-0.25, -0.2) is 14.4 Å². The van der Waals surface area contributed by atoms with Crippen LogP contribution in [0.4, 0.5) is 10.2 Å². The molecule has 1 aliphatic rings. The topological polar surface area (TPSA) is 49.3 Å². The van der Waals surface area contributed by atoms with Gasteiger partial charge in [0.2, 0.25) is 5.91 Å². The maximum Gasteiger partial charge on any atom is 0.222 e. The van der Waals surface area contributed by atoms with Gasteiger partial charge in [-0.15, -0.1) is 0 Å². The van der Waals surface area contributed by atoms with Gasteiger partial charge in [-0.3, -0.25) is 4.79 Å². The Morgan fingerprint density at radius 2 is 1.91 bits per heavy atom. The molecule has 0 radical (unpaired) electrons. The highest BCUT2D eigenvalue weighted by atomic mass is 19.1. The van der Waals surface area contributed by atoms with Crippen LogP contribution in [0.3, 0.4) is 0 Å². The second-order valence-corrected chi connectivity index (χ2v) is 8.71. The molecule has 0 aliphatic carbocycles. The van der Waals surface area contributed by atoms with Crippen LogP contribution >= 0.6 is 0 Å². The van der Waals surface area contributed by atoms with Crippen molar-refractivity contribution in [2.45, 2.75) is 72.1 Å². The van der Waals surface area contributed by atoms with Gasteiger partial charge < -0.3 is 9.80 Å². The molecule has 0 unspecified atom stereocenters. The van der Waals surface area contributed by atoms with Gasteiger partial charge in [0, 0.05) is 50.3 Å². The fourth-order valence-electron chi connectivity index (χ4n) is 4.46. The second kappa shape index (κ2) is 11.9. The van der Waals surface area contributed by atoms with Crippen LogP contribution in [0.25, 0.3) is 0 Å². The van der Waals surface area contributed by atoms with Crippen LogP contribution in [0.2, 0.25) is 0 Å². The minimum atomic E-state index is -0.224. The number of anilines is 1. The lowest BCUT2D eigenvalue weighted by atomic mass is 10.0. The van der Waals surface area contributed by atoms with Gasteiger partial charge >= 0.3 is 0 Å². The summed E-state index contributed by atoms with van der Waals surface area (Å²) in [7, 11) is 0. The summed E-state index contributed by atoms with van der Waals surface area (Å²) in [5.41, 5.74) is 3.01. The summed E-state index contributed by atoms with van der Waals surface area (Å²) in [6.45, 7) is 9.35. The molecule has 5 nitrogen and oxygen atoms in total. The van der Waals surface area contributed by atoms with Crippen molar-refractivity contribution < 1.29 is 9.18 Å². The van der Waals surface area contributed by atoms with Gasteiger partial charge in [0.25, 0.3) is 0 Å². The molecule has 32 heavy (non-hydrogen) atoms. The molecule has 2 aromatic rings. The Labute approximate surface area is 192 Å². The average Bonchev–Trinajstić information content (AvgIpc) is 3.04. The molecule has 0 spiro atoms. The number of halogens is 1. The first-order valence-corrected chi connectivity index (χ1v) is 12.1. The van der Waals surface area contributed by atoms with Crippen LogP contribution in [0.1, 0.15) is 75.0 Å². The highest BCUT2D eigenvalue weighted by molar-refractivity contribution is 5.76. The largest absolute Gasteiger partial charge is 0.354 e. The van der Waals surface area contributed by atoms with Crippen molar-refractivity contribution in [1.29, 1.82) is 0 Å². The van der Waals surface area contributed by atoms with E-state index in [1.54, 1.807) is 12.1 Å². The van der Waals surface area contributed by atoms with Crippen molar-refractivity contribution in [1.82, 2.24) is 14.9 Å². The SMILES string of the molecule is CCCCCCC(=O)N1CCCN(c2nc(C)nc(CC)c2Cc2cccc(F)c2)CC1. The fraction of sp³-hybridized carbons (Fsp3) is 0.577. The first kappa shape index (κ1) is 24.1. The normalized spacial score (nSPS) is 14.5. The highest BCUT2D eigenvalue weighted by Gasteiger charge is 2.23. The molecule has 1 fully saturated rings. The number of hydrogen-bond acceptors (Lipinski definition) is 4. The van der Waals surface area contributed by atoms with Gasteiger partial charge in [0.05, 0.1) is 0 Å². The molecule has 1 saturated heterocycles. The van der Waals surface area contributed by atoms with E-state index in [0.717, 1.165) is 80.3 Å². The Balaban J connectivity index is 1.76. The minimum absolute atomic E-state index is 0.224. The van der Waals surface area contributed by atoms with Crippen molar-refractivity contribution in [3.05, 3.63) is 52.7 Å². The van der Waals surface area contributed by atoms with Gasteiger partial charge in [-0.1, -0.05) is 45.2 Å². The number of amides is 1. The molecule has 6 heteroatoms. The molecule has 0 saturated carbocycles. The molecule has 1 aromatic carbocycles. The summed E-state index contributed by atoms with van der Waals surface area (Å²) in [4.78, 5) is 26.5. The van der Waals surface area contributed by atoms with Crippen LogP contribution in [0, 0.1) is 12.7 Å². The third kappa shape index (κ3) is 6.50. The van der Waals surface area contributed by atoms with Crippen molar-refractivity contribution in [2.75, 3.05) is 31.1 Å². The summed E-state index contributed by atoms with van der Waals surface area (Å²) in [5, 5.41) is 0. The maximum atomic E-state index is 13.8. The quantitative estimate of drug-likeness (QED) is 0.510. The predicted octanol–water partition coefficient (Wildman–Crippen LogP) is 5.09. The smallest absolute Gasteiger partial charge is 0.222 e. The molecule has 1 aliphatic heterocycles. The monoisotopic (exact) mass is 440 g/mol. The van der Waals surface area contributed by atoms with Gasteiger partial charge in [-0.2, -0.15) is 0 Å². The van der Waals surface area contributed by atoms with E-state index in [0.29, 0.717) is 12.8 Å². The van der Waals surface area contributed by atoms with E-state index in [9.17, 15) is 9.18 Å². The number of nitrogens with zero attached hydrogens (tertiary/aromatic N) is 4. The summed E-state index contributed by atoms with van der Waals surface area (Å²) < 4.78 is 13.8. The number of benzene rings is 1. The van der Waals surface area contributed by atoms with Gasteiger partial charge in [0.15, 0.2) is 0 Å². The molecule has 3 rings (SSSR count). The second-order valence-electron chi connectivity index (χ2n) is 8.71. The third-order valence-corrected chi connectivity index (χ3v) is 6.18. The van der Waals surface area contributed by atoms with Crippen LogP contribution in [0.15, 0.2) is 24.3 Å². The average molecular weight is 441 g/mol. The zero-order valence-corrected chi connectivity index (χ0v) is 19.9. The molecule has 1 amide bonds. The Morgan fingerprint density at radius 3 is 2.66 bits per heavy atom. The zero-order chi connectivity index (χ0) is 22.9. The van der Waals surface area contributed by atoms with Crippen LogP contribution in [-0.4, -0.2) is 47.0 Å². The predicted molar refractivity (Wildman–Crippen MR) is 128 cm³/mol. The lowest BCUT2D eigenvalue weighted by molar-refractivity contribution is -0.131. The molecular formula is C26H37FN4O. The molecule has 0 bridgehead atoms. The number of unbranched alkanes of at least 4 members (excludes halogenated alkanes) is 3. The number of aryl methyl sites for hydroxylation is 2. The molecule has 1 aromatic heterocycles. The summed E-state index contributed by atoms with van der Waals surface area (Å²) in [6.07, 6.45) is 7.47. The van der Waals surface area contributed by atoms with E-state index in [2.05, 4.69) is 23.7 Å². The molecule has 0 N–H and O–H groups in total. The lowest BCUT2D eigenvalue weighted by Crippen LogP contribution is -2.35. The van der Waals surface area contributed by atoms with Crippen molar-refractivity contribution >= 4 is 11.7 Å². The Morgan fingerprint density at radius 1 is 1.06 bits per heavy atom. The van der Waals surface area contributed by atoms with E-state index in [-0.39, 0.29) is 11.7 Å². The number of aromatic nitrogens is 2. The Hall–Kier alpha value is -2.50. The third-order valence-electron chi connectivity index (χ3n) is 6.18. The highest BCUT2D eigenvalue weighted by Crippen LogP contribution is 2.26. The maximum absolute atomic E-state index is 13.8.